The zero-order valence-electron chi connectivity index (χ0n) is 12.4. The maximum Gasteiger partial charge on any atom is 0.247 e. The first-order chi connectivity index (χ1) is 9.51. The third-order valence-electron chi connectivity index (χ3n) is 4.88. The minimum absolute atomic E-state index is 0.126. The number of benzene rings is 1. The summed E-state index contributed by atoms with van der Waals surface area (Å²) >= 11 is 0. The second kappa shape index (κ2) is 4.88. The lowest BCUT2D eigenvalue weighted by Gasteiger charge is -2.39. The van der Waals surface area contributed by atoms with Crippen LogP contribution in [0.15, 0.2) is 24.3 Å². The normalized spacial score (nSPS) is 33.0. The van der Waals surface area contributed by atoms with Crippen molar-refractivity contribution in [3.05, 3.63) is 29.8 Å². The molecule has 20 heavy (non-hydrogen) atoms. The van der Waals surface area contributed by atoms with E-state index < -0.39 is 5.54 Å². The zero-order valence-corrected chi connectivity index (χ0v) is 12.4. The number of nitrogens with two attached hydrogens (primary N) is 1. The summed E-state index contributed by atoms with van der Waals surface area (Å²) in [6.07, 6.45) is 4.83. The largest absolute Gasteiger partial charge is 0.317 e. The molecule has 0 saturated heterocycles. The predicted octanol–water partition coefficient (Wildman–Crippen LogP) is 2.87. The van der Waals surface area contributed by atoms with E-state index in [9.17, 15) is 4.79 Å². The molecule has 1 saturated carbocycles. The fraction of sp³-hybridized carbons (Fsp3) is 0.588. The van der Waals surface area contributed by atoms with Gasteiger partial charge < -0.3 is 10.6 Å². The zero-order chi connectivity index (χ0) is 14.3. The minimum atomic E-state index is -0.663. The van der Waals surface area contributed by atoms with Crippen molar-refractivity contribution in [3.63, 3.8) is 0 Å². The van der Waals surface area contributed by atoms with Crippen LogP contribution >= 0.6 is 0 Å². The first-order valence-electron chi connectivity index (χ1n) is 7.72. The molecule has 3 atom stereocenters. The molecular formula is C17H24N2O. The Morgan fingerprint density at radius 1 is 1.35 bits per heavy atom. The number of amides is 1. The van der Waals surface area contributed by atoms with Crippen LogP contribution in [-0.4, -0.2) is 17.5 Å². The highest BCUT2D eigenvalue weighted by Crippen LogP contribution is 2.37. The van der Waals surface area contributed by atoms with Gasteiger partial charge in [-0.25, -0.2) is 0 Å². The number of hydrogen-bond acceptors (Lipinski definition) is 2. The lowest BCUT2D eigenvalue weighted by Crippen LogP contribution is -2.58. The lowest BCUT2D eigenvalue weighted by atomic mass is 9.76. The van der Waals surface area contributed by atoms with E-state index in [4.69, 9.17) is 5.73 Å². The molecule has 1 aliphatic heterocycles. The topological polar surface area (TPSA) is 46.3 Å². The van der Waals surface area contributed by atoms with Crippen molar-refractivity contribution >= 4 is 11.6 Å². The van der Waals surface area contributed by atoms with Crippen LogP contribution in [0.4, 0.5) is 5.69 Å². The van der Waals surface area contributed by atoms with Crippen LogP contribution in [0.3, 0.4) is 0 Å². The molecule has 1 aromatic carbocycles. The van der Waals surface area contributed by atoms with E-state index in [0.29, 0.717) is 5.92 Å². The molecule has 3 unspecified atom stereocenters. The van der Waals surface area contributed by atoms with Gasteiger partial charge in [-0.2, -0.15) is 0 Å². The number of fused-ring (bicyclic) bond motifs is 1. The Balaban J connectivity index is 1.91. The van der Waals surface area contributed by atoms with E-state index in [1.54, 1.807) is 0 Å². The van der Waals surface area contributed by atoms with Crippen LogP contribution in [-0.2, 0) is 11.2 Å². The molecule has 2 N–H and O–H groups in total. The van der Waals surface area contributed by atoms with Gasteiger partial charge in [0.2, 0.25) is 5.91 Å². The third kappa shape index (κ3) is 2.14. The van der Waals surface area contributed by atoms with Gasteiger partial charge in [-0.1, -0.05) is 38.0 Å². The monoisotopic (exact) mass is 272 g/mol. The number of carbonyl (C=O) groups excluding carboxylic acids is 1. The maximum atomic E-state index is 13.0. The predicted molar refractivity (Wildman–Crippen MR) is 81.6 cm³/mol. The van der Waals surface area contributed by atoms with Crippen molar-refractivity contribution in [1.82, 2.24) is 0 Å². The molecule has 0 radical (unpaired) electrons. The molecule has 2 aliphatic rings. The van der Waals surface area contributed by atoms with Crippen LogP contribution in [0.2, 0.25) is 0 Å². The van der Waals surface area contributed by atoms with Gasteiger partial charge in [-0.3, -0.25) is 4.79 Å². The quantitative estimate of drug-likeness (QED) is 0.854. The van der Waals surface area contributed by atoms with Crippen LogP contribution in [0.25, 0.3) is 0 Å². The standard InChI is InChI=1S/C17H24N2O/c1-12-6-5-9-17(18,11-12)16(20)19-13(2)10-14-7-3-4-8-15(14)19/h3-4,7-8,12-13H,5-6,9-11,18H2,1-2H3. The van der Waals surface area contributed by atoms with Gasteiger partial charge in [0.05, 0.1) is 5.54 Å². The van der Waals surface area contributed by atoms with Gasteiger partial charge >= 0.3 is 0 Å². The Morgan fingerprint density at radius 3 is 2.85 bits per heavy atom. The Hall–Kier alpha value is -1.35. The average molecular weight is 272 g/mol. The van der Waals surface area contributed by atoms with Gasteiger partial charge in [0.1, 0.15) is 0 Å². The first-order valence-corrected chi connectivity index (χ1v) is 7.72. The summed E-state index contributed by atoms with van der Waals surface area (Å²) in [5.41, 5.74) is 8.17. The number of carbonyl (C=O) groups is 1. The molecule has 3 rings (SSSR count). The first kappa shape index (κ1) is 13.6. The molecule has 3 nitrogen and oxygen atoms in total. The molecule has 1 aliphatic carbocycles. The van der Waals surface area contributed by atoms with Crippen LogP contribution in [0.5, 0.6) is 0 Å². The van der Waals surface area contributed by atoms with Gasteiger partial charge in [-0.05, 0) is 43.7 Å². The number of hydrogen-bond donors (Lipinski definition) is 1. The van der Waals surface area contributed by atoms with Crippen molar-refractivity contribution in [3.8, 4) is 0 Å². The van der Waals surface area contributed by atoms with E-state index >= 15 is 0 Å². The average Bonchev–Trinajstić information content (AvgIpc) is 2.73. The van der Waals surface area contributed by atoms with Crippen molar-refractivity contribution in [2.45, 2.75) is 57.5 Å². The molecule has 108 valence electrons. The smallest absolute Gasteiger partial charge is 0.247 e. The molecule has 1 amide bonds. The molecule has 0 bridgehead atoms. The summed E-state index contributed by atoms with van der Waals surface area (Å²) in [5, 5.41) is 0. The van der Waals surface area contributed by atoms with Crippen LogP contribution in [0, 0.1) is 5.92 Å². The second-order valence-corrected chi connectivity index (χ2v) is 6.71. The Bertz CT molecular complexity index is 527. The summed E-state index contributed by atoms with van der Waals surface area (Å²) in [6.45, 7) is 4.32. The van der Waals surface area contributed by atoms with Crippen molar-refractivity contribution in [2.24, 2.45) is 11.7 Å². The summed E-state index contributed by atoms with van der Waals surface area (Å²) in [6, 6.07) is 8.43. The Kier molecular flexibility index (Phi) is 3.33. The van der Waals surface area contributed by atoms with E-state index in [2.05, 4.69) is 19.9 Å². The molecular weight excluding hydrogens is 248 g/mol. The third-order valence-corrected chi connectivity index (χ3v) is 4.88. The maximum absolute atomic E-state index is 13.0. The summed E-state index contributed by atoms with van der Waals surface area (Å²) in [7, 11) is 0. The highest BCUT2D eigenvalue weighted by molar-refractivity contribution is 6.02. The fourth-order valence-electron chi connectivity index (χ4n) is 3.90. The fourth-order valence-corrected chi connectivity index (χ4v) is 3.90. The van der Waals surface area contributed by atoms with Gasteiger partial charge in [0.25, 0.3) is 0 Å². The molecule has 1 fully saturated rings. The Morgan fingerprint density at radius 2 is 2.10 bits per heavy atom. The summed E-state index contributed by atoms with van der Waals surface area (Å²) in [4.78, 5) is 15.0. The highest BCUT2D eigenvalue weighted by atomic mass is 16.2. The van der Waals surface area contributed by atoms with Crippen molar-refractivity contribution in [1.29, 1.82) is 0 Å². The van der Waals surface area contributed by atoms with Gasteiger partial charge in [0.15, 0.2) is 0 Å². The minimum Gasteiger partial charge on any atom is -0.317 e. The molecule has 1 heterocycles. The van der Waals surface area contributed by atoms with Crippen molar-refractivity contribution < 1.29 is 4.79 Å². The highest BCUT2D eigenvalue weighted by Gasteiger charge is 2.44. The molecule has 3 heteroatoms. The van der Waals surface area contributed by atoms with E-state index in [-0.39, 0.29) is 11.9 Å². The number of rotatable bonds is 1. The second-order valence-electron chi connectivity index (χ2n) is 6.71. The van der Waals surface area contributed by atoms with E-state index in [0.717, 1.165) is 31.4 Å². The number of anilines is 1. The SMILES string of the molecule is CC1CCCC(N)(C(=O)N2c3ccccc3CC2C)C1. The molecule has 1 aromatic rings. The lowest BCUT2D eigenvalue weighted by molar-refractivity contribution is -0.125. The van der Waals surface area contributed by atoms with E-state index in [1.165, 1.54) is 12.0 Å². The van der Waals surface area contributed by atoms with Crippen LogP contribution < -0.4 is 10.6 Å². The molecule has 0 aromatic heterocycles. The molecule has 0 spiro atoms. The van der Waals surface area contributed by atoms with Crippen LogP contribution in [0.1, 0.15) is 45.1 Å². The number of para-hydroxylation sites is 1. The summed E-state index contributed by atoms with van der Waals surface area (Å²) < 4.78 is 0. The Labute approximate surface area is 121 Å². The van der Waals surface area contributed by atoms with E-state index in [1.807, 2.05) is 23.1 Å². The van der Waals surface area contributed by atoms with Gasteiger partial charge in [-0.15, -0.1) is 0 Å². The number of nitrogens with zero attached hydrogens (tertiary/aromatic N) is 1. The summed E-state index contributed by atoms with van der Waals surface area (Å²) in [5.74, 6) is 0.673. The van der Waals surface area contributed by atoms with Gasteiger partial charge in [0, 0.05) is 11.7 Å². The van der Waals surface area contributed by atoms with Crippen molar-refractivity contribution in [2.75, 3.05) is 4.90 Å².